The average Bonchev–Trinajstić information content (AvgIpc) is 2.21. The highest BCUT2D eigenvalue weighted by Gasteiger charge is 1.87. The minimum absolute atomic E-state index is 0.146. The van der Waals surface area contributed by atoms with E-state index in [1.165, 1.54) is 38.2 Å². The summed E-state index contributed by atoms with van der Waals surface area (Å²) in [5, 5.41) is 2.60. The van der Waals surface area contributed by atoms with Crippen LogP contribution in [0.4, 0.5) is 0 Å². The Morgan fingerprint density at radius 2 is 2.00 bits per heavy atom. The minimum Gasteiger partial charge on any atom is -0.329 e. The van der Waals surface area contributed by atoms with E-state index in [1.54, 1.807) is 6.20 Å². The van der Waals surface area contributed by atoms with E-state index in [1.807, 2.05) is 6.08 Å². The fraction of sp³-hybridized carbons (Fsp3) is 0.583. The van der Waals surface area contributed by atoms with Gasteiger partial charge in [0.05, 0.1) is 0 Å². The highest BCUT2D eigenvalue weighted by Crippen LogP contribution is 2.04. The van der Waals surface area contributed by atoms with E-state index in [-0.39, 0.29) is 5.91 Å². The molecule has 0 atom stereocenters. The van der Waals surface area contributed by atoms with Crippen LogP contribution in [0.15, 0.2) is 24.9 Å². The molecule has 0 fully saturated rings. The number of carbonyl (C=O) groups excluding carboxylic acids is 1. The molecule has 2 nitrogen and oxygen atoms in total. The molecule has 0 heterocycles. The van der Waals surface area contributed by atoms with Crippen LogP contribution in [-0.4, -0.2) is 5.91 Å². The summed E-state index contributed by atoms with van der Waals surface area (Å²) in [4.78, 5) is 10.7. The Kier molecular flexibility index (Phi) is 9.28. The lowest BCUT2D eigenvalue weighted by atomic mass is 10.1. The molecule has 0 saturated heterocycles. The molecule has 0 aromatic heterocycles. The lowest BCUT2D eigenvalue weighted by Gasteiger charge is -1.96. The minimum atomic E-state index is -0.146. The maximum absolute atomic E-state index is 10.7. The first-order valence-corrected chi connectivity index (χ1v) is 5.39. The molecule has 0 aliphatic carbocycles. The van der Waals surface area contributed by atoms with Crippen molar-refractivity contribution in [2.24, 2.45) is 0 Å². The Labute approximate surface area is 87.1 Å². The van der Waals surface area contributed by atoms with Crippen molar-refractivity contribution in [3.05, 3.63) is 24.9 Å². The third-order valence-electron chi connectivity index (χ3n) is 2.00. The molecule has 1 amide bonds. The topological polar surface area (TPSA) is 29.1 Å². The van der Waals surface area contributed by atoms with Crippen LogP contribution >= 0.6 is 0 Å². The van der Waals surface area contributed by atoms with Gasteiger partial charge >= 0.3 is 0 Å². The molecule has 80 valence electrons. The zero-order valence-electron chi connectivity index (χ0n) is 9.09. The molecule has 0 aromatic carbocycles. The van der Waals surface area contributed by atoms with Gasteiger partial charge in [-0.15, -0.1) is 0 Å². The predicted molar refractivity (Wildman–Crippen MR) is 60.9 cm³/mol. The Morgan fingerprint density at radius 1 is 1.29 bits per heavy atom. The summed E-state index contributed by atoms with van der Waals surface area (Å²) in [6.07, 6.45) is 12.4. The van der Waals surface area contributed by atoms with E-state index in [9.17, 15) is 4.79 Å². The SMILES string of the molecule is C=CC(=O)NC=CCCCCCCC. The van der Waals surface area contributed by atoms with Gasteiger partial charge in [-0.2, -0.15) is 0 Å². The monoisotopic (exact) mass is 195 g/mol. The van der Waals surface area contributed by atoms with Crippen LogP contribution < -0.4 is 5.32 Å². The van der Waals surface area contributed by atoms with E-state index in [4.69, 9.17) is 0 Å². The first kappa shape index (κ1) is 12.9. The second-order valence-corrected chi connectivity index (χ2v) is 3.32. The van der Waals surface area contributed by atoms with Crippen LogP contribution in [0.25, 0.3) is 0 Å². The predicted octanol–water partition coefficient (Wildman–Crippen LogP) is 3.16. The van der Waals surface area contributed by atoms with Gasteiger partial charge < -0.3 is 5.32 Å². The maximum Gasteiger partial charge on any atom is 0.247 e. The van der Waals surface area contributed by atoms with Gasteiger partial charge in [-0.3, -0.25) is 4.79 Å². The zero-order valence-corrected chi connectivity index (χ0v) is 9.09. The fourth-order valence-electron chi connectivity index (χ4n) is 1.15. The Hall–Kier alpha value is -1.05. The second kappa shape index (κ2) is 10.0. The van der Waals surface area contributed by atoms with Crippen molar-refractivity contribution in [2.75, 3.05) is 0 Å². The third-order valence-corrected chi connectivity index (χ3v) is 2.00. The molecule has 0 unspecified atom stereocenters. The molecule has 0 saturated carbocycles. The fourth-order valence-corrected chi connectivity index (χ4v) is 1.15. The van der Waals surface area contributed by atoms with Crippen LogP contribution in [0.3, 0.4) is 0 Å². The van der Waals surface area contributed by atoms with Crippen LogP contribution in [0.1, 0.15) is 45.4 Å². The van der Waals surface area contributed by atoms with Gasteiger partial charge in [-0.1, -0.05) is 45.3 Å². The molecule has 0 radical (unpaired) electrons. The van der Waals surface area contributed by atoms with Gasteiger partial charge in [0, 0.05) is 6.20 Å². The smallest absolute Gasteiger partial charge is 0.247 e. The summed E-state index contributed by atoms with van der Waals surface area (Å²) >= 11 is 0. The number of amides is 1. The van der Waals surface area contributed by atoms with Crippen LogP contribution in [-0.2, 0) is 4.79 Å². The van der Waals surface area contributed by atoms with Crippen molar-refractivity contribution in [3.8, 4) is 0 Å². The van der Waals surface area contributed by atoms with Crippen molar-refractivity contribution >= 4 is 5.91 Å². The molecular formula is C12H21NO. The second-order valence-electron chi connectivity index (χ2n) is 3.32. The van der Waals surface area contributed by atoms with E-state index in [0.29, 0.717) is 0 Å². The van der Waals surface area contributed by atoms with E-state index in [0.717, 1.165) is 6.42 Å². The van der Waals surface area contributed by atoms with Crippen molar-refractivity contribution in [1.82, 2.24) is 5.32 Å². The van der Waals surface area contributed by atoms with Crippen molar-refractivity contribution in [2.45, 2.75) is 45.4 Å². The average molecular weight is 195 g/mol. The first-order valence-electron chi connectivity index (χ1n) is 5.39. The van der Waals surface area contributed by atoms with Gasteiger partial charge in [0.15, 0.2) is 0 Å². The third kappa shape index (κ3) is 9.04. The van der Waals surface area contributed by atoms with Crippen molar-refractivity contribution in [3.63, 3.8) is 0 Å². The largest absolute Gasteiger partial charge is 0.329 e. The molecule has 14 heavy (non-hydrogen) atoms. The number of hydrogen-bond acceptors (Lipinski definition) is 1. The number of allylic oxidation sites excluding steroid dienone is 1. The number of unbranched alkanes of at least 4 members (excludes halogenated alkanes) is 5. The van der Waals surface area contributed by atoms with Crippen LogP contribution in [0, 0.1) is 0 Å². The van der Waals surface area contributed by atoms with Gasteiger partial charge in [-0.25, -0.2) is 0 Å². The van der Waals surface area contributed by atoms with Gasteiger partial charge in [0.2, 0.25) is 5.91 Å². The molecular weight excluding hydrogens is 174 g/mol. The van der Waals surface area contributed by atoms with Gasteiger partial charge in [-0.05, 0) is 18.9 Å². The van der Waals surface area contributed by atoms with Gasteiger partial charge in [0.1, 0.15) is 0 Å². The van der Waals surface area contributed by atoms with E-state index in [2.05, 4.69) is 18.8 Å². The molecule has 0 aliphatic rings. The molecule has 1 N–H and O–H groups in total. The lowest BCUT2D eigenvalue weighted by molar-refractivity contribution is -0.115. The summed E-state index contributed by atoms with van der Waals surface area (Å²) in [6, 6.07) is 0. The number of rotatable bonds is 8. The van der Waals surface area contributed by atoms with Crippen LogP contribution in [0.5, 0.6) is 0 Å². The van der Waals surface area contributed by atoms with E-state index >= 15 is 0 Å². The highest BCUT2D eigenvalue weighted by molar-refractivity contribution is 5.87. The Morgan fingerprint density at radius 3 is 2.64 bits per heavy atom. The number of hydrogen-bond donors (Lipinski definition) is 1. The maximum atomic E-state index is 10.7. The molecule has 0 aromatic rings. The first-order chi connectivity index (χ1) is 6.81. The summed E-state index contributed by atoms with van der Waals surface area (Å²) in [7, 11) is 0. The summed E-state index contributed by atoms with van der Waals surface area (Å²) in [5.41, 5.74) is 0. The van der Waals surface area contributed by atoms with E-state index < -0.39 is 0 Å². The normalized spacial score (nSPS) is 10.4. The quantitative estimate of drug-likeness (QED) is 0.468. The van der Waals surface area contributed by atoms with Gasteiger partial charge in [0.25, 0.3) is 0 Å². The standard InChI is InChI=1S/C12H21NO/c1-3-5-6-7-8-9-10-11-13-12(14)4-2/h4,10-11H,2-3,5-9H2,1H3,(H,13,14). The molecule has 2 heteroatoms. The Bertz CT molecular complexity index is 185. The zero-order chi connectivity index (χ0) is 10.6. The Balaban J connectivity index is 3.18. The molecule has 0 aliphatic heterocycles. The van der Waals surface area contributed by atoms with Crippen LogP contribution in [0.2, 0.25) is 0 Å². The van der Waals surface area contributed by atoms with Crippen molar-refractivity contribution < 1.29 is 4.79 Å². The number of nitrogens with one attached hydrogen (secondary N) is 1. The lowest BCUT2D eigenvalue weighted by Crippen LogP contribution is -2.12. The molecule has 0 spiro atoms. The summed E-state index contributed by atoms with van der Waals surface area (Å²) in [5.74, 6) is -0.146. The van der Waals surface area contributed by atoms with Crippen molar-refractivity contribution in [1.29, 1.82) is 0 Å². The number of carbonyl (C=O) groups is 1. The summed E-state index contributed by atoms with van der Waals surface area (Å²) in [6.45, 7) is 5.58. The highest BCUT2D eigenvalue weighted by atomic mass is 16.1. The molecule has 0 bridgehead atoms. The molecule has 0 rings (SSSR count). The summed E-state index contributed by atoms with van der Waals surface area (Å²) < 4.78 is 0.